The molecule has 0 radical (unpaired) electrons. The number of hydrogen-bond donors (Lipinski definition) is 1. The minimum absolute atomic E-state index is 0.225. The molecule has 0 aliphatic heterocycles. The van der Waals surface area contributed by atoms with Crippen LogP contribution in [0.4, 0.5) is 0 Å². The maximum absolute atomic E-state index is 10.6. The average molecular weight is 222 g/mol. The molecule has 4 heteroatoms. The Hall–Kier alpha value is -1.55. The monoisotopic (exact) mass is 222 g/mol. The van der Waals surface area contributed by atoms with Gasteiger partial charge in [-0.15, -0.1) is 0 Å². The number of rotatable bonds is 6. The summed E-state index contributed by atoms with van der Waals surface area (Å²) in [5.41, 5.74) is 0.256. The number of carboxylic acid groups (broad SMARTS) is 1. The van der Waals surface area contributed by atoms with Crippen LogP contribution in [-0.4, -0.2) is 24.5 Å². The third-order valence-electron chi connectivity index (χ3n) is 2.46. The zero-order valence-corrected chi connectivity index (χ0v) is 8.89. The predicted molar refractivity (Wildman–Crippen MR) is 57.6 cm³/mol. The van der Waals surface area contributed by atoms with E-state index in [-0.39, 0.29) is 12.4 Å². The summed E-state index contributed by atoms with van der Waals surface area (Å²) in [5.74, 6) is 0.412. The van der Waals surface area contributed by atoms with Crippen LogP contribution < -0.4 is 4.74 Å². The van der Waals surface area contributed by atoms with E-state index in [9.17, 15) is 4.79 Å². The number of carbonyl (C=O) groups is 1. The first-order valence-electron chi connectivity index (χ1n) is 5.29. The lowest BCUT2D eigenvalue weighted by atomic mass is 10.2. The van der Waals surface area contributed by atoms with E-state index in [1.54, 1.807) is 12.1 Å². The highest BCUT2D eigenvalue weighted by Gasteiger charge is 2.21. The van der Waals surface area contributed by atoms with Crippen LogP contribution in [0.3, 0.4) is 0 Å². The molecule has 0 heterocycles. The lowest BCUT2D eigenvalue weighted by molar-refractivity contribution is 0.00998. The van der Waals surface area contributed by atoms with Gasteiger partial charge in [-0.3, -0.25) is 0 Å². The van der Waals surface area contributed by atoms with E-state index < -0.39 is 5.97 Å². The number of carboxylic acids is 1. The van der Waals surface area contributed by atoms with Crippen molar-refractivity contribution >= 4 is 5.97 Å². The molecular formula is C12H14O4. The topological polar surface area (TPSA) is 55.8 Å². The van der Waals surface area contributed by atoms with Gasteiger partial charge in [0.2, 0.25) is 0 Å². The summed E-state index contributed by atoms with van der Waals surface area (Å²) >= 11 is 0. The second kappa shape index (κ2) is 4.99. The molecule has 2 rings (SSSR count). The van der Waals surface area contributed by atoms with E-state index in [0.717, 1.165) is 12.5 Å². The zero-order chi connectivity index (χ0) is 11.4. The Morgan fingerprint density at radius 1 is 1.31 bits per heavy atom. The van der Waals surface area contributed by atoms with Crippen LogP contribution in [0.1, 0.15) is 23.2 Å². The van der Waals surface area contributed by atoms with Gasteiger partial charge in [-0.1, -0.05) is 0 Å². The van der Waals surface area contributed by atoms with E-state index in [1.807, 2.05) is 0 Å². The molecule has 1 fully saturated rings. The first kappa shape index (κ1) is 11.0. The number of aromatic carboxylic acids is 1. The van der Waals surface area contributed by atoms with Crippen LogP contribution in [0.5, 0.6) is 5.75 Å². The third-order valence-corrected chi connectivity index (χ3v) is 2.46. The molecule has 16 heavy (non-hydrogen) atoms. The zero-order valence-electron chi connectivity index (χ0n) is 8.89. The molecule has 0 aromatic heterocycles. The van der Waals surface area contributed by atoms with Crippen LogP contribution in [0.2, 0.25) is 0 Å². The van der Waals surface area contributed by atoms with Crippen molar-refractivity contribution in [2.75, 3.05) is 13.4 Å². The molecular weight excluding hydrogens is 208 g/mol. The molecule has 1 N–H and O–H groups in total. The molecule has 1 saturated carbocycles. The summed E-state index contributed by atoms with van der Waals surface area (Å²) in [6.07, 6.45) is 2.51. The fourth-order valence-electron chi connectivity index (χ4n) is 1.30. The van der Waals surface area contributed by atoms with Crippen molar-refractivity contribution in [2.45, 2.75) is 12.8 Å². The highest BCUT2D eigenvalue weighted by Crippen LogP contribution is 2.28. The quantitative estimate of drug-likeness (QED) is 0.592. The van der Waals surface area contributed by atoms with Crippen molar-refractivity contribution in [3.8, 4) is 5.75 Å². The Morgan fingerprint density at radius 3 is 2.56 bits per heavy atom. The van der Waals surface area contributed by atoms with E-state index in [0.29, 0.717) is 5.75 Å². The Bertz CT molecular complexity index is 354. The number of ether oxygens (including phenoxy) is 2. The summed E-state index contributed by atoms with van der Waals surface area (Å²) in [6.45, 7) is 0.982. The van der Waals surface area contributed by atoms with Gasteiger partial charge in [0.1, 0.15) is 5.75 Å². The van der Waals surface area contributed by atoms with Crippen molar-refractivity contribution in [2.24, 2.45) is 5.92 Å². The van der Waals surface area contributed by atoms with Gasteiger partial charge in [0.05, 0.1) is 12.2 Å². The summed E-state index contributed by atoms with van der Waals surface area (Å²) in [5, 5.41) is 8.69. The van der Waals surface area contributed by atoms with Gasteiger partial charge in [0.15, 0.2) is 6.79 Å². The molecule has 0 bridgehead atoms. The van der Waals surface area contributed by atoms with Gasteiger partial charge in [-0.05, 0) is 43.0 Å². The normalized spacial score (nSPS) is 14.8. The van der Waals surface area contributed by atoms with Crippen LogP contribution in [0.25, 0.3) is 0 Å². The van der Waals surface area contributed by atoms with Gasteiger partial charge < -0.3 is 14.6 Å². The molecule has 1 aromatic rings. The summed E-state index contributed by atoms with van der Waals surface area (Å²) in [4.78, 5) is 10.6. The Labute approximate surface area is 93.8 Å². The smallest absolute Gasteiger partial charge is 0.335 e. The van der Waals surface area contributed by atoms with Gasteiger partial charge in [0, 0.05) is 0 Å². The highest BCUT2D eigenvalue weighted by atomic mass is 16.7. The third kappa shape index (κ3) is 3.24. The number of hydrogen-bond acceptors (Lipinski definition) is 3. The first-order valence-corrected chi connectivity index (χ1v) is 5.29. The lowest BCUT2D eigenvalue weighted by Gasteiger charge is -2.06. The molecule has 0 saturated heterocycles. The first-order chi connectivity index (χ1) is 7.75. The molecule has 86 valence electrons. The van der Waals surface area contributed by atoms with Crippen LogP contribution >= 0.6 is 0 Å². The standard InChI is InChI=1S/C12H14O4/c13-12(14)10-3-5-11(6-4-10)16-8-15-7-9-1-2-9/h3-6,9H,1-2,7-8H2,(H,13,14). The van der Waals surface area contributed by atoms with Crippen LogP contribution in [0.15, 0.2) is 24.3 Å². The van der Waals surface area contributed by atoms with Crippen molar-refractivity contribution < 1.29 is 19.4 Å². The summed E-state index contributed by atoms with van der Waals surface area (Å²) in [7, 11) is 0. The number of benzene rings is 1. The van der Waals surface area contributed by atoms with Crippen LogP contribution in [-0.2, 0) is 4.74 Å². The van der Waals surface area contributed by atoms with Gasteiger partial charge >= 0.3 is 5.97 Å². The van der Waals surface area contributed by atoms with Crippen LogP contribution in [0, 0.1) is 5.92 Å². The molecule has 1 aromatic carbocycles. The van der Waals surface area contributed by atoms with Crippen molar-refractivity contribution in [1.29, 1.82) is 0 Å². The fraction of sp³-hybridized carbons (Fsp3) is 0.417. The second-order valence-corrected chi connectivity index (χ2v) is 3.91. The second-order valence-electron chi connectivity index (χ2n) is 3.91. The molecule has 0 unspecified atom stereocenters. The fourth-order valence-corrected chi connectivity index (χ4v) is 1.30. The van der Waals surface area contributed by atoms with Gasteiger partial charge in [-0.25, -0.2) is 4.79 Å². The van der Waals surface area contributed by atoms with Gasteiger partial charge in [0.25, 0.3) is 0 Å². The van der Waals surface area contributed by atoms with E-state index in [1.165, 1.54) is 25.0 Å². The highest BCUT2D eigenvalue weighted by molar-refractivity contribution is 5.87. The molecule has 0 atom stereocenters. The van der Waals surface area contributed by atoms with E-state index >= 15 is 0 Å². The maximum atomic E-state index is 10.6. The predicted octanol–water partition coefficient (Wildman–Crippen LogP) is 2.15. The molecule has 1 aliphatic carbocycles. The van der Waals surface area contributed by atoms with E-state index in [2.05, 4.69) is 0 Å². The maximum Gasteiger partial charge on any atom is 0.335 e. The van der Waals surface area contributed by atoms with Crippen molar-refractivity contribution in [3.63, 3.8) is 0 Å². The minimum atomic E-state index is -0.934. The van der Waals surface area contributed by atoms with E-state index in [4.69, 9.17) is 14.6 Å². The molecule has 0 amide bonds. The molecule has 4 nitrogen and oxygen atoms in total. The van der Waals surface area contributed by atoms with Crippen molar-refractivity contribution in [1.82, 2.24) is 0 Å². The summed E-state index contributed by atoms with van der Waals surface area (Å²) < 4.78 is 10.6. The largest absolute Gasteiger partial charge is 0.478 e. The van der Waals surface area contributed by atoms with Crippen molar-refractivity contribution in [3.05, 3.63) is 29.8 Å². The Kier molecular flexibility index (Phi) is 3.41. The Morgan fingerprint density at radius 2 is 2.00 bits per heavy atom. The van der Waals surface area contributed by atoms with Gasteiger partial charge in [-0.2, -0.15) is 0 Å². The molecule has 1 aliphatic rings. The lowest BCUT2D eigenvalue weighted by Crippen LogP contribution is -2.05. The Balaban J connectivity index is 1.73. The summed E-state index contributed by atoms with van der Waals surface area (Å²) in [6, 6.07) is 6.28. The minimum Gasteiger partial charge on any atom is -0.478 e. The molecule has 0 spiro atoms. The average Bonchev–Trinajstić information content (AvgIpc) is 3.09. The SMILES string of the molecule is O=C(O)c1ccc(OCOCC2CC2)cc1.